The maximum absolute atomic E-state index is 15.4. The van der Waals surface area contributed by atoms with Crippen molar-refractivity contribution in [2.45, 2.75) is 46.7 Å². The van der Waals surface area contributed by atoms with E-state index in [4.69, 9.17) is 4.74 Å². The fourth-order valence-electron chi connectivity index (χ4n) is 5.65. The van der Waals surface area contributed by atoms with Crippen LogP contribution in [0.25, 0.3) is 33.3 Å². The van der Waals surface area contributed by atoms with Crippen molar-refractivity contribution in [1.29, 1.82) is 0 Å². The Morgan fingerprint density at radius 1 is 0.938 bits per heavy atom. The molecule has 0 aliphatic heterocycles. The van der Waals surface area contributed by atoms with Crippen LogP contribution in [0.2, 0.25) is 0 Å². The number of carbonyl (C=O) groups excluding carboxylic acids is 1. The van der Waals surface area contributed by atoms with Gasteiger partial charge in [-0.2, -0.15) is 13.9 Å². The fourth-order valence-corrected chi connectivity index (χ4v) is 5.65. The van der Waals surface area contributed by atoms with E-state index in [1.165, 1.54) is 73.3 Å². The minimum Gasteiger partial charge on any atom is -0.452 e. The van der Waals surface area contributed by atoms with Crippen molar-refractivity contribution in [3.05, 3.63) is 124 Å². The monoisotopic (exact) mass is 655 g/mol. The molecule has 4 aromatic heterocycles. The minimum absolute atomic E-state index is 0.0556. The van der Waals surface area contributed by atoms with Crippen LogP contribution in [0.3, 0.4) is 0 Å². The first-order chi connectivity index (χ1) is 22.9. The molecule has 0 amide bonds. The van der Waals surface area contributed by atoms with Crippen molar-refractivity contribution in [3.63, 3.8) is 0 Å². The lowest BCUT2D eigenvalue weighted by Gasteiger charge is -2.20. The Labute approximate surface area is 272 Å². The zero-order valence-corrected chi connectivity index (χ0v) is 26.3. The van der Waals surface area contributed by atoms with Crippen LogP contribution in [0, 0.1) is 25.5 Å². The molecule has 0 aliphatic carbocycles. The molecule has 0 unspecified atom stereocenters. The van der Waals surface area contributed by atoms with Crippen LogP contribution in [0.5, 0.6) is 11.5 Å². The molecule has 0 spiro atoms. The molecular formula is C36H29F4N5O3. The van der Waals surface area contributed by atoms with Gasteiger partial charge in [0.1, 0.15) is 11.3 Å². The molecule has 0 saturated heterocycles. The standard InChI is InChI=1S/C36H29F4N5O3/c1-19(2)44-18-27(35(47)33(21(44)4)23-6-8-25(37)9-7-23)30(46)14-22-5-10-31(28(38)13-22)48-32-11-12-41-29-15-26(20(3)43-34(29)32)24-16-42-45(17-24)36(39)40/h5-13,15-19,36H,14H2,1-4H3. The number of hydrogen-bond donors (Lipinski definition) is 0. The second-order valence-corrected chi connectivity index (χ2v) is 11.6. The molecule has 0 radical (unpaired) electrons. The smallest absolute Gasteiger partial charge is 0.333 e. The molecule has 12 heteroatoms. The summed E-state index contributed by atoms with van der Waals surface area (Å²) in [6.45, 7) is 4.52. The Bertz CT molecular complexity index is 2240. The van der Waals surface area contributed by atoms with Crippen molar-refractivity contribution < 1.29 is 27.1 Å². The molecule has 8 nitrogen and oxygen atoms in total. The minimum atomic E-state index is -2.78. The van der Waals surface area contributed by atoms with Gasteiger partial charge in [0.2, 0.25) is 0 Å². The number of alkyl halides is 2. The quantitative estimate of drug-likeness (QED) is 0.115. The van der Waals surface area contributed by atoms with Crippen molar-refractivity contribution in [2.24, 2.45) is 0 Å². The van der Waals surface area contributed by atoms with Crippen LogP contribution in [0.4, 0.5) is 17.6 Å². The van der Waals surface area contributed by atoms with E-state index in [-0.39, 0.29) is 29.5 Å². The fraction of sp³-hybridized carbons (Fsp3) is 0.194. The molecule has 48 heavy (non-hydrogen) atoms. The topological polar surface area (TPSA) is 91.9 Å². The van der Waals surface area contributed by atoms with Gasteiger partial charge in [0.05, 0.1) is 17.3 Å². The van der Waals surface area contributed by atoms with Gasteiger partial charge in [-0.05, 0) is 69.2 Å². The first-order valence-corrected chi connectivity index (χ1v) is 15.0. The molecule has 2 aromatic carbocycles. The number of pyridine rings is 3. The molecule has 0 fully saturated rings. The van der Waals surface area contributed by atoms with E-state index in [1.807, 2.05) is 18.4 Å². The van der Waals surface area contributed by atoms with Gasteiger partial charge in [-0.25, -0.2) is 18.4 Å². The van der Waals surface area contributed by atoms with Gasteiger partial charge >= 0.3 is 6.55 Å². The zero-order valence-electron chi connectivity index (χ0n) is 26.3. The summed E-state index contributed by atoms with van der Waals surface area (Å²) >= 11 is 0. The zero-order chi connectivity index (χ0) is 34.3. The number of Topliss-reactive ketones (excluding diaryl/α,β-unsaturated/α-hetero) is 1. The Morgan fingerprint density at radius 2 is 1.69 bits per heavy atom. The predicted molar refractivity (Wildman–Crippen MR) is 172 cm³/mol. The number of benzene rings is 2. The van der Waals surface area contributed by atoms with Gasteiger partial charge in [-0.1, -0.05) is 18.2 Å². The summed E-state index contributed by atoms with van der Waals surface area (Å²) in [4.78, 5) is 36.0. The van der Waals surface area contributed by atoms with Crippen LogP contribution >= 0.6 is 0 Å². The molecule has 0 aliphatic rings. The van der Waals surface area contributed by atoms with Gasteiger partial charge in [0.15, 0.2) is 28.5 Å². The predicted octanol–water partition coefficient (Wildman–Crippen LogP) is 8.41. The first-order valence-electron chi connectivity index (χ1n) is 15.0. The summed E-state index contributed by atoms with van der Waals surface area (Å²) in [6, 6.07) is 12.7. The van der Waals surface area contributed by atoms with Crippen LogP contribution in [-0.2, 0) is 6.42 Å². The molecule has 0 atom stereocenters. The third kappa shape index (κ3) is 6.20. The van der Waals surface area contributed by atoms with Crippen molar-refractivity contribution >= 4 is 16.8 Å². The number of rotatable bonds is 9. The molecular weight excluding hydrogens is 626 g/mol. The highest BCUT2D eigenvalue weighted by atomic mass is 19.3. The molecule has 0 N–H and O–H groups in total. The Hall–Kier alpha value is -5.65. The van der Waals surface area contributed by atoms with Gasteiger partial charge in [0.25, 0.3) is 0 Å². The van der Waals surface area contributed by atoms with Crippen molar-refractivity contribution in [3.8, 4) is 33.8 Å². The van der Waals surface area contributed by atoms with Crippen molar-refractivity contribution in [2.75, 3.05) is 0 Å². The number of aryl methyl sites for hydroxylation is 1. The maximum Gasteiger partial charge on any atom is 0.333 e. The highest BCUT2D eigenvalue weighted by Gasteiger charge is 2.22. The SMILES string of the molecule is Cc1nc2c(Oc3ccc(CC(=O)c4cn(C(C)C)c(C)c(-c5ccc(F)cc5)c4=O)cc3F)ccnc2cc1-c1cnn(C(F)F)c1. The molecule has 6 aromatic rings. The van der Waals surface area contributed by atoms with E-state index in [0.717, 1.165) is 0 Å². The number of hydrogen-bond acceptors (Lipinski definition) is 6. The van der Waals surface area contributed by atoms with Crippen LogP contribution in [-0.4, -0.2) is 30.1 Å². The lowest BCUT2D eigenvalue weighted by atomic mass is 9.97. The van der Waals surface area contributed by atoms with E-state index in [0.29, 0.717) is 54.9 Å². The second kappa shape index (κ2) is 12.9. The summed E-state index contributed by atoms with van der Waals surface area (Å²) in [5, 5.41) is 3.68. The summed E-state index contributed by atoms with van der Waals surface area (Å²) in [5.74, 6) is -1.60. The average Bonchev–Trinajstić information content (AvgIpc) is 3.54. The number of nitrogens with zero attached hydrogens (tertiary/aromatic N) is 5. The third-order valence-corrected chi connectivity index (χ3v) is 8.04. The Kier molecular flexibility index (Phi) is 8.65. The van der Waals surface area contributed by atoms with Crippen LogP contribution < -0.4 is 10.2 Å². The molecule has 0 saturated carbocycles. The second-order valence-electron chi connectivity index (χ2n) is 11.6. The van der Waals surface area contributed by atoms with E-state index < -0.39 is 29.4 Å². The Balaban J connectivity index is 1.27. The number of fused-ring (bicyclic) bond motifs is 1. The summed E-state index contributed by atoms with van der Waals surface area (Å²) in [7, 11) is 0. The molecule has 6 rings (SSSR count). The van der Waals surface area contributed by atoms with Crippen molar-refractivity contribution in [1.82, 2.24) is 24.3 Å². The van der Waals surface area contributed by atoms with E-state index in [2.05, 4.69) is 15.1 Å². The number of carbonyl (C=O) groups is 1. The third-order valence-electron chi connectivity index (χ3n) is 8.04. The van der Waals surface area contributed by atoms with Gasteiger partial charge < -0.3 is 9.30 Å². The van der Waals surface area contributed by atoms with Gasteiger partial charge in [0, 0.05) is 65.2 Å². The summed E-state index contributed by atoms with van der Waals surface area (Å²) < 4.78 is 63.4. The normalized spacial score (nSPS) is 11.5. The largest absolute Gasteiger partial charge is 0.452 e. The summed E-state index contributed by atoms with van der Waals surface area (Å²) in [6.07, 6.45) is 5.25. The molecule has 4 heterocycles. The average molecular weight is 656 g/mol. The Morgan fingerprint density at radius 3 is 2.35 bits per heavy atom. The number of aromatic nitrogens is 5. The number of ether oxygens (including phenoxy) is 1. The highest BCUT2D eigenvalue weighted by molar-refractivity contribution is 5.98. The van der Waals surface area contributed by atoms with Gasteiger partial charge in [-0.3, -0.25) is 14.6 Å². The first kappa shape index (κ1) is 32.3. The highest BCUT2D eigenvalue weighted by Crippen LogP contribution is 2.33. The lowest BCUT2D eigenvalue weighted by Crippen LogP contribution is -2.24. The maximum atomic E-state index is 15.4. The molecule has 244 valence electrons. The summed E-state index contributed by atoms with van der Waals surface area (Å²) in [5.41, 5.74) is 3.42. The lowest BCUT2D eigenvalue weighted by molar-refractivity contribution is 0.0566. The van der Waals surface area contributed by atoms with E-state index in [9.17, 15) is 22.8 Å². The number of ketones is 1. The van der Waals surface area contributed by atoms with E-state index >= 15 is 4.39 Å². The van der Waals surface area contributed by atoms with Crippen LogP contribution in [0.1, 0.15) is 53.7 Å². The molecule has 0 bridgehead atoms. The number of halogens is 4. The van der Waals surface area contributed by atoms with Crippen LogP contribution in [0.15, 0.2) is 84.2 Å². The van der Waals surface area contributed by atoms with Gasteiger partial charge in [-0.15, -0.1) is 0 Å². The van der Waals surface area contributed by atoms with E-state index in [1.54, 1.807) is 19.9 Å².